The van der Waals surface area contributed by atoms with Crippen LogP contribution >= 0.6 is 0 Å². The number of hydrogen-bond acceptors (Lipinski definition) is 5. The SMILES string of the molecule is NC(=O)c1nn(CC(=O)NC2CCC(CC=O)C2)c2cc(CCO)ccc12. The van der Waals surface area contributed by atoms with Crippen LogP contribution in [-0.2, 0) is 22.6 Å². The highest BCUT2D eigenvalue weighted by atomic mass is 16.3. The minimum atomic E-state index is -0.651. The number of primary amides is 1. The first-order chi connectivity index (χ1) is 13.0. The molecule has 1 aliphatic rings. The van der Waals surface area contributed by atoms with Crippen LogP contribution in [0.1, 0.15) is 41.7 Å². The number of nitrogens with two attached hydrogens (primary N) is 1. The van der Waals surface area contributed by atoms with E-state index in [9.17, 15) is 14.4 Å². The summed E-state index contributed by atoms with van der Waals surface area (Å²) in [4.78, 5) is 34.8. The van der Waals surface area contributed by atoms with E-state index < -0.39 is 5.91 Å². The van der Waals surface area contributed by atoms with Gasteiger partial charge in [0, 0.05) is 24.5 Å². The Labute approximate surface area is 156 Å². The van der Waals surface area contributed by atoms with Gasteiger partial charge in [0.05, 0.1) is 5.52 Å². The summed E-state index contributed by atoms with van der Waals surface area (Å²) >= 11 is 0. The van der Waals surface area contributed by atoms with Gasteiger partial charge in [-0.3, -0.25) is 14.3 Å². The average molecular weight is 372 g/mol. The van der Waals surface area contributed by atoms with Crippen molar-refractivity contribution < 1.29 is 19.5 Å². The van der Waals surface area contributed by atoms with Gasteiger partial charge in [-0.1, -0.05) is 12.1 Å². The summed E-state index contributed by atoms with van der Waals surface area (Å²) in [5.41, 5.74) is 7.06. The minimum Gasteiger partial charge on any atom is -0.396 e. The maximum absolute atomic E-state index is 12.5. The fourth-order valence-electron chi connectivity index (χ4n) is 3.77. The van der Waals surface area contributed by atoms with Crippen LogP contribution in [0.2, 0.25) is 0 Å². The molecule has 1 aromatic heterocycles. The van der Waals surface area contributed by atoms with E-state index in [1.165, 1.54) is 4.68 Å². The number of rotatable bonds is 8. The molecule has 144 valence electrons. The molecule has 27 heavy (non-hydrogen) atoms. The third-order valence-electron chi connectivity index (χ3n) is 5.08. The van der Waals surface area contributed by atoms with E-state index in [2.05, 4.69) is 10.4 Å². The zero-order valence-electron chi connectivity index (χ0n) is 15.1. The summed E-state index contributed by atoms with van der Waals surface area (Å²) in [6, 6.07) is 5.42. The normalized spacial score (nSPS) is 19.3. The van der Waals surface area contributed by atoms with Crippen LogP contribution in [0.15, 0.2) is 18.2 Å². The number of carbonyl (C=O) groups is 3. The molecular weight excluding hydrogens is 348 g/mol. The standard InChI is InChI=1S/C19H24N4O4/c20-19(27)18-15-4-2-13(6-8-25)10-16(15)23(22-18)11-17(26)21-14-3-1-12(9-14)5-7-24/h2,4,7,10,12,14,25H,1,3,5-6,8-9,11H2,(H2,20,27)(H,21,26). The quantitative estimate of drug-likeness (QED) is 0.583. The minimum absolute atomic E-state index is 0.00639. The van der Waals surface area contributed by atoms with Crippen molar-refractivity contribution in [3.8, 4) is 0 Å². The van der Waals surface area contributed by atoms with Gasteiger partial charge in [-0.15, -0.1) is 0 Å². The van der Waals surface area contributed by atoms with Crippen LogP contribution < -0.4 is 11.1 Å². The molecule has 2 amide bonds. The van der Waals surface area contributed by atoms with Crippen molar-refractivity contribution in [1.82, 2.24) is 15.1 Å². The number of aliphatic hydroxyl groups is 1. The van der Waals surface area contributed by atoms with Gasteiger partial charge in [-0.05, 0) is 43.2 Å². The lowest BCUT2D eigenvalue weighted by Gasteiger charge is -2.13. The lowest BCUT2D eigenvalue weighted by Crippen LogP contribution is -2.35. The number of aldehydes is 1. The summed E-state index contributed by atoms with van der Waals surface area (Å²) in [5.74, 6) is -0.512. The Kier molecular flexibility index (Phi) is 5.85. The van der Waals surface area contributed by atoms with Gasteiger partial charge in [0.25, 0.3) is 5.91 Å². The second-order valence-electron chi connectivity index (χ2n) is 7.04. The highest BCUT2D eigenvalue weighted by Gasteiger charge is 2.26. The van der Waals surface area contributed by atoms with Crippen molar-refractivity contribution in [2.24, 2.45) is 11.7 Å². The summed E-state index contributed by atoms with van der Waals surface area (Å²) in [7, 11) is 0. The molecule has 4 N–H and O–H groups in total. The van der Waals surface area contributed by atoms with E-state index in [0.717, 1.165) is 31.1 Å². The number of aliphatic hydroxyl groups excluding tert-OH is 1. The molecule has 0 spiro atoms. The third kappa shape index (κ3) is 4.33. The smallest absolute Gasteiger partial charge is 0.269 e. The molecule has 2 unspecified atom stereocenters. The number of amides is 2. The Morgan fingerprint density at radius 3 is 2.89 bits per heavy atom. The molecule has 0 aliphatic heterocycles. The topological polar surface area (TPSA) is 127 Å². The maximum Gasteiger partial charge on any atom is 0.269 e. The van der Waals surface area contributed by atoms with Gasteiger partial charge in [-0.2, -0.15) is 5.10 Å². The summed E-state index contributed by atoms with van der Waals surface area (Å²) in [5, 5.41) is 16.9. The van der Waals surface area contributed by atoms with Crippen molar-refractivity contribution in [2.45, 2.75) is 44.7 Å². The largest absolute Gasteiger partial charge is 0.396 e. The molecule has 0 bridgehead atoms. The molecule has 3 rings (SSSR count). The Bertz CT molecular complexity index is 861. The number of nitrogens with one attached hydrogen (secondary N) is 1. The second-order valence-corrected chi connectivity index (χ2v) is 7.04. The Balaban J connectivity index is 1.77. The van der Waals surface area contributed by atoms with Crippen molar-refractivity contribution in [3.63, 3.8) is 0 Å². The number of nitrogens with zero attached hydrogens (tertiary/aromatic N) is 2. The molecule has 0 radical (unpaired) electrons. The number of benzene rings is 1. The van der Waals surface area contributed by atoms with Crippen LogP contribution in [-0.4, -0.2) is 45.6 Å². The Morgan fingerprint density at radius 2 is 2.19 bits per heavy atom. The highest BCUT2D eigenvalue weighted by Crippen LogP contribution is 2.27. The molecular formula is C19H24N4O4. The zero-order chi connectivity index (χ0) is 19.4. The van der Waals surface area contributed by atoms with E-state index in [-0.39, 0.29) is 30.8 Å². The number of aromatic nitrogens is 2. The Morgan fingerprint density at radius 1 is 1.37 bits per heavy atom. The molecule has 1 aromatic carbocycles. The molecule has 1 aliphatic carbocycles. The zero-order valence-corrected chi connectivity index (χ0v) is 15.1. The van der Waals surface area contributed by atoms with Gasteiger partial charge < -0.3 is 21.0 Å². The van der Waals surface area contributed by atoms with Gasteiger partial charge in [-0.25, -0.2) is 0 Å². The number of fused-ring (bicyclic) bond motifs is 1. The molecule has 2 atom stereocenters. The monoisotopic (exact) mass is 372 g/mol. The number of carbonyl (C=O) groups excluding carboxylic acids is 3. The summed E-state index contributed by atoms with van der Waals surface area (Å²) in [6.07, 6.45) is 4.53. The highest BCUT2D eigenvalue weighted by molar-refractivity contribution is 6.04. The first kappa shape index (κ1) is 19.0. The van der Waals surface area contributed by atoms with Crippen LogP contribution in [0.5, 0.6) is 0 Å². The van der Waals surface area contributed by atoms with Gasteiger partial charge >= 0.3 is 0 Å². The average Bonchev–Trinajstić information content (AvgIpc) is 3.20. The fraction of sp³-hybridized carbons (Fsp3) is 0.474. The third-order valence-corrected chi connectivity index (χ3v) is 5.08. The van der Waals surface area contributed by atoms with Crippen molar-refractivity contribution >= 4 is 29.0 Å². The molecule has 0 saturated heterocycles. The van der Waals surface area contributed by atoms with E-state index in [1.54, 1.807) is 6.07 Å². The summed E-state index contributed by atoms with van der Waals surface area (Å²) < 4.78 is 1.48. The predicted octanol–water partition coefficient (Wildman–Crippen LogP) is 0.544. The molecule has 2 aromatic rings. The summed E-state index contributed by atoms with van der Waals surface area (Å²) in [6.45, 7) is -0.0202. The molecule has 1 heterocycles. The van der Waals surface area contributed by atoms with E-state index in [0.29, 0.717) is 29.7 Å². The fourth-order valence-corrected chi connectivity index (χ4v) is 3.77. The first-order valence-corrected chi connectivity index (χ1v) is 9.15. The maximum atomic E-state index is 12.5. The molecule has 8 heteroatoms. The van der Waals surface area contributed by atoms with E-state index in [4.69, 9.17) is 10.8 Å². The van der Waals surface area contributed by atoms with Crippen LogP contribution in [0.25, 0.3) is 10.9 Å². The van der Waals surface area contributed by atoms with Gasteiger partial charge in [0.15, 0.2) is 5.69 Å². The van der Waals surface area contributed by atoms with Crippen molar-refractivity contribution in [3.05, 3.63) is 29.5 Å². The second kappa shape index (κ2) is 8.30. The van der Waals surface area contributed by atoms with Crippen LogP contribution in [0.4, 0.5) is 0 Å². The molecule has 1 saturated carbocycles. The lowest BCUT2D eigenvalue weighted by atomic mass is 10.1. The number of hydrogen-bond donors (Lipinski definition) is 3. The van der Waals surface area contributed by atoms with E-state index >= 15 is 0 Å². The van der Waals surface area contributed by atoms with Crippen molar-refractivity contribution in [1.29, 1.82) is 0 Å². The first-order valence-electron chi connectivity index (χ1n) is 9.15. The Hall–Kier alpha value is -2.74. The van der Waals surface area contributed by atoms with Crippen molar-refractivity contribution in [2.75, 3.05) is 6.61 Å². The van der Waals surface area contributed by atoms with Gasteiger partial charge in [0.2, 0.25) is 5.91 Å². The predicted molar refractivity (Wildman–Crippen MR) is 99.0 cm³/mol. The van der Waals surface area contributed by atoms with Crippen LogP contribution in [0, 0.1) is 5.92 Å². The molecule has 1 fully saturated rings. The lowest BCUT2D eigenvalue weighted by molar-refractivity contribution is -0.122. The molecule has 8 nitrogen and oxygen atoms in total. The van der Waals surface area contributed by atoms with Gasteiger partial charge in [0.1, 0.15) is 12.8 Å². The van der Waals surface area contributed by atoms with Crippen LogP contribution in [0.3, 0.4) is 0 Å². The van der Waals surface area contributed by atoms with E-state index in [1.807, 2.05) is 12.1 Å².